The van der Waals surface area contributed by atoms with E-state index in [4.69, 9.17) is 9.84 Å². The molecular weight excluding hydrogens is 314 g/mol. The molecule has 23 heavy (non-hydrogen) atoms. The lowest BCUT2D eigenvalue weighted by Crippen LogP contribution is -2.09. The number of nitrogens with zero attached hydrogens (tertiary/aromatic N) is 2. The standard InChI is InChI=1S/C16H13N3O3S/c20-15(21)9-22-12-6-4-11(5-7-12)13-10-23-16(18-13)19-14-3-1-2-8-17-14/h1-8,10H,9H2,(H,20,21)(H,17,18,19). The Kier molecular flexibility index (Phi) is 4.49. The minimum Gasteiger partial charge on any atom is -0.482 e. The largest absolute Gasteiger partial charge is 0.482 e. The van der Waals surface area contributed by atoms with Crippen molar-refractivity contribution in [2.24, 2.45) is 0 Å². The van der Waals surface area contributed by atoms with Gasteiger partial charge in [-0.25, -0.2) is 14.8 Å². The van der Waals surface area contributed by atoms with Crippen LogP contribution in [0, 0.1) is 0 Å². The normalized spacial score (nSPS) is 10.3. The number of rotatable bonds is 6. The fourth-order valence-corrected chi connectivity index (χ4v) is 2.60. The van der Waals surface area contributed by atoms with Crippen LogP contribution in [0.3, 0.4) is 0 Å². The molecule has 7 heteroatoms. The van der Waals surface area contributed by atoms with Crippen molar-refractivity contribution in [3.8, 4) is 17.0 Å². The number of pyridine rings is 1. The molecule has 3 rings (SSSR count). The van der Waals surface area contributed by atoms with Gasteiger partial charge in [0.1, 0.15) is 11.6 Å². The van der Waals surface area contributed by atoms with E-state index in [1.807, 2.05) is 35.7 Å². The summed E-state index contributed by atoms with van der Waals surface area (Å²) in [6.45, 7) is -0.353. The number of carboxylic acid groups (broad SMARTS) is 1. The predicted molar refractivity (Wildman–Crippen MR) is 88.2 cm³/mol. The minimum atomic E-state index is -1.00. The molecule has 2 heterocycles. The summed E-state index contributed by atoms with van der Waals surface area (Å²) in [4.78, 5) is 19.2. The molecule has 0 bridgehead atoms. The van der Waals surface area contributed by atoms with Crippen molar-refractivity contribution in [2.75, 3.05) is 11.9 Å². The van der Waals surface area contributed by atoms with E-state index >= 15 is 0 Å². The molecule has 0 aliphatic heterocycles. The summed E-state index contributed by atoms with van der Waals surface area (Å²) in [5.41, 5.74) is 1.76. The SMILES string of the molecule is O=C(O)COc1ccc(-c2csc(Nc3ccccn3)n2)cc1. The first-order chi connectivity index (χ1) is 11.2. The Hall–Kier alpha value is -2.93. The Morgan fingerprint density at radius 1 is 1.22 bits per heavy atom. The van der Waals surface area contributed by atoms with Crippen molar-refractivity contribution >= 4 is 28.3 Å². The van der Waals surface area contributed by atoms with Crippen LogP contribution in [0.5, 0.6) is 5.75 Å². The van der Waals surface area contributed by atoms with Crippen molar-refractivity contribution in [3.63, 3.8) is 0 Å². The van der Waals surface area contributed by atoms with Crippen LogP contribution in [0.4, 0.5) is 10.9 Å². The van der Waals surface area contributed by atoms with Crippen molar-refractivity contribution < 1.29 is 14.6 Å². The van der Waals surface area contributed by atoms with Crippen molar-refractivity contribution in [3.05, 3.63) is 54.0 Å². The zero-order valence-corrected chi connectivity index (χ0v) is 12.8. The Balaban J connectivity index is 1.69. The predicted octanol–water partition coefficient (Wildman–Crippen LogP) is 3.41. The number of thiazole rings is 1. The maximum Gasteiger partial charge on any atom is 0.341 e. The zero-order valence-electron chi connectivity index (χ0n) is 12.0. The Morgan fingerprint density at radius 3 is 2.74 bits per heavy atom. The summed E-state index contributed by atoms with van der Waals surface area (Å²) in [5.74, 6) is 0.253. The van der Waals surface area contributed by atoms with Gasteiger partial charge >= 0.3 is 5.97 Å². The molecule has 0 radical (unpaired) electrons. The highest BCUT2D eigenvalue weighted by molar-refractivity contribution is 7.14. The maximum absolute atomic E-state index is 10.5. The lowest BCUT2D eigenvalue weighted by molar-refractivity contribution is -0.139. The molecule has 0 unspecified atom stereocenters. The number of aromatic nitrogens is 2. The lowest BCUT2D eigenvalue weighted by atomic mass is 10.2. The molecule has 1 aromatic carbocycles. The van der Waals surface area contributed by atoms with Crippen LogP contribution >= 0.6 is 11.3 Å². The van der Waals surface area contributed by atoms with Crippen LogP contribution in [-0.4, -0.2) is 27.7 Å². The van der Waals surface area contributed by atoms with Gasteiger partial charge < -0.3 is 15.2 Å². The topological polar surface area (TPSA) is 84.3 Å². The highest BCUT2D eigenvalue weighted by atomic mass is 32.1. The molecule has 0 atom stereocenters. The average molecular weight is 327 g/mol. The number of hydrogen-bond acceptors (Lipinski definition) is 6. The first kappa shape index (κ1) is 15.0. The Labute approximate surface area is 136 Å². The molecule has 0 saturated heterocycles. The van der Waals surface area contributed by atoms with Gasteiger partial charge in [0.25, 0.3) is 0 Å². The van der Waals surface area contributed by atoms with Crippen LogP contribution < -0.4 is 10.1 Å². The van der Waals surface area contributed by atoms with Crippen LogP contribution in [0.25, 0.3) is 11.3 Å². The molecule has 116 valence electrons. The fourth-order valence-electron chi connectivity index (χ4n) is 1.88. The molecule has 0 saturated carbocycles. The first-order valence-corrected chi connectivity index (χ1v) is 7.67. The van der Waals surface area contributed by atoms with Crippen LogP contribution in [0.1, 0.15) is 0 Å². The minimum absolute atomic E-state index is 0.353. The molecular formula is C16H13N3O3S. The number of benzene rings is 1. The summed E-state index contributed by atoms with van der Waals surface area (Å²) in [7, 11) is 0. The third-order valence-corrected chi connectivity index (χ3v) is 3.67. The van der Waals surface area contributed by atoms with E-state index in [9.17, 15) is 4.79 Å². The van der Waals surface area contributed by atoms with Gasteiger partial charge in [-0.3, -0.25) is 0 Å². The summed E-state index contributed by atoms with van der Waals surface area (Å²) in [6.07, 6.45) is 1.71. The van der Waals surface area contributed by atoms with Crippen LogP contribution in [0.15, 0.2) is 54.0 Å². The van der Waals surface area contributed by atoms with Gasteiger partial charge in [-0.05, 0) is 36.4 Å². The highest BCUT2D eigenvalue weighted by Gasteiger charge is 2.06. The number of carboxylic acids is 1. The summed E-state index contributed by atoms with van der Waals surface area (Å²) in [5, 5.41) is 14.4. The van der Waals surface area contributed by atoms with Gasteiger partial charge in [0.05, 0.1) is 5.69 Å². The number of nitrogens with one attached hydrogen (secondary N) is 1. The highest BCUT2D eigenvalue weighted by Crippen LogP contribution is 2.27. The number of anilines is 2. The van der Waals surface area contributed by atoms with Gasteiger partial charge in [0, 0.05) is 17.1 Å². The first-order valence-electron chi connectivity index (χ1n) is 6.79. The summed E-state index contributed by atoms with van der Waals surface area (Å²) < 4.78 is 5.10. The zero-order chi connectivity index (χ0) is 16.1. The van der Waals surface area contributed by atoms with E-state index in [0.717, 1.165) is 22.2 Å². The molecule has 0 aliphatic rings. The second kappa shape index (κ2) is 6.89. The molecule has 2 N–H and O–H groups in total. The van der Waals surface area contributed by atoms with Crippen molar-refractivity contribution in [1.29, 1.82) is 0 Å². The van der Waals surface area contributed by atoms with Gasteiger partial charge in [-0.15, -0.1) is 11.3 Å². The number of ether oxygens (including phenoxy) is 1. The third kappa shape index (κ3) is 4.04. The third-order valence-electron chi connectivity index (χ3n) is 2.92. The number of carbonyl (C=O) groups is 1. The number of hydrogen-bond donors (Lipinski definition) is 2. The monoisotopic (exact) mass is 327 g/mol. The van der Waals surface area contributed by atoms with Gasteiger partial charge in [-0.1, -0.05) is 6.07 Å². The maximum atomic E-state index is 10.5. The van der Waals surface area contributed by atoms with E-state index in [-0.39, 0.29) is 6.61 Å². The fraction of sp³-hybridized carbons (Fsp3) is 0.0625. The molecule has 0 fully saturated rings. The van der Waals surface area contributed by atoms with Gasteiger partial charge in [-0.2, -0.15) is 0 Å². The molecule has 0 spiro atoms. The smallest absolute Gasteiger partial charge is 0.341 e. The molecule has 6 nitrogen and oxygen atoms in total. The van der Waals surface area contributed by atoms with Crippen molar-refractivity contribution in [1.82, 2.24) is 9.97 Å². The van der Waals surface area contributed by atoms with E-state index in [2.05, 4.69) is 15.3 Å². The quantitative estimate of drug-likeness (QED) is 0.722. The van der Waals surface area contributed by atoms with E-state index < -0.39 is 5.97 Å². The van der Waals surface area contributed by atoms with Gasteiger partial charge in [0.2, 0.25) is 0 Å². The summed E-state index contributed by atoms with van der Waals surface area (Å²) in [6, 6.07) is 12.8. The average Bonchev–Trinajstić information content (AvgIpc) is 3.03. The summed E-state index contributed by atoms with van der Waals surface area (Å²) >= 11 is 1.49. The molecule has 0 aliphatic carbocycles. The van der Waals surface area contributed by atoms with Crippen molar-refractivity contribution in [2.45, 2.75) is 0 Å². The van der Waals surface area contributed by atoms with Crippen LogP contribution in [0.2, 0.25) is 0 Å². The molecule has 3 aromatic rings. The van der Waals surface area contributed by atoms with E-state index in [1.165, 1.54) is 11.3 Å². The number of aliphatic carboxylic acids is 1. The second-order valence-electron chi connectivity index (χ2n) is 4.58. The lowest BCUT2D eigenvalue weighted by Gasteiger charge is -2.03. The molecule has 0 amide bonds. The van der Waals surface area contributed by atoms with Crippen LogP contribution in [-0.2, 0) is 4.79 Å². The Bertz CT molecular complexity index is 788. The molecule has 2 aromatic heterocycles. The second-order valence-corrected chi connectivity index (χ2v) is 5.44. The Morgan fingerprint density at radius 2 is 2.04 bits per heavy atom. The van der Waals surface area contributed by atoms with Gasteiger partial charge in [0.15, 0.2) is 11.7 Å². The van der Waals surface area contributed by atoms with E-state index in [0.29, 0.717) is 5.75 Å². The van der Waals surface area contributed by atoms with E-state index in [1.54, 1.807) is 18.3 Å².